The van der Waals surface area contributed by atoms with Crippen molar-refractivity contribution < 1.29 is 9.42 Å². The quantitative estimate of drug-likeness (QED) is 0.719. The molecule has 1 atom stereocenters. The molecule has 0 rings (SSSR count). The van der Waals surface area contributed by atoms with E-state index in [0.717, 1.165) is 6.54 Å². The van der Waals surface area contributed by atoms with Crippen LogP contribution in [0.2, 0.25) is 0 Å². The summed E-state index contributed by atoms with van der Waals surface area (Å²) in [5.41, 5.74) is 0. The maximum absolute atomic E-state index is 9.29. The van der Waals surface area contributed by atoms with Crippen molar-refractivity contribution in [1.29, 1.82) is 0 Å². The lowest BCUT2D eigenvalue weighted by atomic mass is 10.2. The average molecular weight is 239 g/mol. The van der Waals surface area contributed by atoms with Crippen LogP contribution in [0, 0.1) is 0 Å². The Hall–Kier alpha value is 0.530. The normalized spacial score (nSPS) is 16.6. The summed E-state index contributed by atoms with van der Waals surface area (Å²) >= 11 is 4.79. The van der Waals surface area contributed by atoms with Gasteiger partial charge < -0.3 is 9.42 Å². The van der Waals surface area contributed by atoms with Gasteiger partial charge in [0.25, 0.3) is 0 Å². The highest BCUT2D eigenvalue weighted by Crippen LogP contribution is 2.36. The second-order valence-corrected chi connectivity index (χ2v) is 7.96. The third-order valence-corrected chi connectivity index (χ3v) is 2.98. The first kappa shape index (κ1) is 14.5. The Morgan fingerprint density at radius 2 is 1.71 bits per heavy atom. The molecule has 0 radical (unpaired) electrons. The van der Waals surface area contributed by atoms with Gasteiger partial charge in [-0.2, -0.15) is 0 Å². The fourth-order valence-electron chi connectivity index (χ4n) is 1.43. The summed E-state index contributed by atoms with van der Waals surface area (Å²) < 4.78 is 5.20. The Morgan fingerprint density at radius 1 is 1.29 bits per heavy atom. The van der Waals surface area contributed by atoms with Crippen LogP contribution < -0.4 is 0 Å². The van der Waals surface area contributed by atoms with Gasteiger partial charge in [-0.05, 0) is 39.5 Å². The molecule has 0 saturated carbocycles. The summed E-state index contributed by atoms with van der Waals surface area (Å²) in [6, 6.07) is 0.985. The van der Waals surface area contributed by atoms with E-state index in [1.807, 2.05) is 0 Å². The van der Waals surface area contributed by atoms with Gasteiger partial charge in [0.2, 0.25) is 0 Å². The molecule has 86 valence electrons. The standard InChI is InChI=1S/C9H22NO2PS/c1-8(2)10(9(3)4)6-7-12-13(5,11)14/h8-9H,6-7H2,1-5H3,(H,11,14). The van der Waals surface area contributed by atoms with Gasteiger partial charge in [0.15, 0.2) is 6.49 Å². The molecule has 0 fully saturated rings. The van der Waals surface area contributed by atoms with Gasteiger partial charge in [-0.3, -0.25) is 4.90 Å². The van der Waals surface area contributed by atoms with E-state index in [4.69, 9.17) is 16.3 Å². The van der Waals surface area contributed by atoms with Gasteiger partial charge in [-0.15, -0.1) is 0 Å². The zero-order valence-corrected chi connectivity index (χ0v) is 11.4. The molecule has 0 saturated heterocycles. The molecule has 0 aliphatic carbocycles. The summed E-state index contributed by atoms with van der Waals surface area (Å²) in [5, 5.41) is 0. The van der Waals surface area contributed by atoms with Crippen LogP contribution in [0.15, 0.2) is 0 Å². The first-order valence-electron chi connectivity index (χ1n) is 4.94. The Labute approximate surface area is 92.6 Å². The second kappa shape index (κ2) is 6.19. The van der Waals surface area contributed by atoms with E-state index >= 15 is 0 Å². The first-order chi connectivity index (χ1) is 6.24. The third kappa shape index (κ3) is 6.91. The molecule has 0 spiro atoms. The van der Waals surface area contributed by atoms with Crippen LogP contribution in [-0.4, -0.2) is 41.7 Å². The van der Waals surface area contributed by atoms with E-state index in [-0.39, 0.29) is 0 Å². The maximum Gasteiger partial charge on any atom is 0.183 e. The Balaban J connectivity index is 3.90. The molecular weight excluding hydrogens is 217 g/mol. The predicted octanol–water partition coefficient (Wildman–Crippen LogP) is 2.05. The van der Waals surface area contributed by atoms with Crippen LogP contribution in [0.1, 0.15) is 27.7 Å². The van der Waals surface area contributed by atoms with Gasteiger partial charge in [-0.1, -0.05) is 0 Å². The van der Waals surface area contributed by atoms with Crippen molar-refractivity contribution in [3.8, 4) is 0 Å². The van der Waals surface area contributed by atoms with Crippen LogP contribution in [0.5, 0.6) is 0 Å². The Morgan fingerprint density at radius 3 is 2.00 bits per heavy atom. The van der Waals surface area contributed by atoms with Crippen molar-refractivity contribution in [2.75, 3.05) is 19.8 Å². The smallest absolute Gasteiger partial charge is 0.183 e. The number of rotatable bonds is 6. The molecule has 14 heavy (non-hydrogen) atoms. The Bertz CT molecular complexity index is 195. The molecule has 0 aromatic carbocycles. The van der Waals surface area contributed by atoms with E-state index in [2.05, 4.69) is 32.6 Å². The van der Waals surface area contributed by atoms with Gasteiger partial charge in [0.05, 0.1) is 6.61 Å². The summed E-state index contributed by atoms with van der Waals surface area (Å²) in [4.78, 5) is 11.6. The Kier molecular flexibility index (Phi) is 6.42. The van der Waals surface area contributed by atoms with Crippen LogP contribution in [0.25, 0.3) is 0 Å². The average Bonchev–Trinajstić information content (AvgIpc) is 1.94. The molecule has 0 aromatic rings. The third-order valence-electron chi connectivity index (χ3n) is 2.01. The van der Waals surface area contributed by atoms with E-state index < -0.39 is 6.49 Å². The molecule has 0 aromatic heterocycles. The molecule has 0 bridgehead atoms. The monoisotopic (exact) mass is 239 g/mol. The van der Waals surface area contributed by atoms with Crippen LogP contribution in [-0.2, 0) is 16.3 Å². The summed E-state index contributed by atoms with van der Waals surface area (Å²) in [7, 11) is 0. The fourth-order valence-corrected chi connectivity index (χ4v) is 2.07. The summed E-state index contributed by atoms with van der Waals surface area (Å²) in [5.74, 6) is 0. The van der Waals surface area contributed by atoms with E-state index in [0.29, 0.717) is 18.7 Å². The largest absolute Gasteiger partial charge is 0.345 e. The summed E-state index contributed by atoms with van der Waals surface area (Å²) in [6.45, 7) is 9.06. The number of nitrogens with zero attached hydrogens (tertiary/aromatic N) is 1. The summed E-state index contributed by atoms with van der Waals surface area (Å²) in [6.07, 6.45) is 0. The molecular formula is C9H22NO2PS. The molecule has 0 heterocycles. The molecule has 0 aliphatic rings. The van der Waals surface area contributed by atoms with E-state index in [1.165, 1.54) is 0 Å². The highest BCUT2D eigenvalue weighted by atomic mass is 32.5. The second-order valence-electron chi connectivity index (χ2n) is 4.06. The van der Waals surface area contributed by atoms with E-state index in [1.54, 1.807) is 6.66 Å². The van der Waals surface area contributed by atoms with Crippen LogP contribution >= 0.6 is 6.49 Å². The van der Waals surface area contributed by atoms with Crippen molar-refractivity contribution >= 4 is 18.3 Å². The zero-order valence-electron chi connectivity index (χ0n) is 9.73. The minimum absolute atomic E-state index is 0.493. The van der Waals surface area contributed by atoms with Gasteiger partial charge in [0.1, 0.15) is 0 Å². The maximum atomic E-state index is 9.29. The van der Waals surface area contributed by atoms with Crippen LogP contribution in [0.3, 0.4) is 0 Å². The molecule has 3 nitrogen and oxygen atoms in total. The highest BCUT2D eigenvalue weighted by molar-refractivity contribution is 8.09. The SMILES string of the molecule is CC(C)N(CCOP(C)(O)=S)C(C)C. The molecule has 5 heteroatoms. The van der Waals surface area contributed by atoms with Crippen molar-refractivity contribution in [1.82, 2.24) is 4.90 Å². The fraction of sp³-hybridized carbons (Fsp3) is 1.00. The van der Waals surface area contributed by atoms with Crippen molar-refractivity contribution in [2.45, 2.75) is 39.8 Å². The molecule has 1 N–H and O–H groups in total. The molecule has 1 unspecified atom stereocenters. The molecule has 0 amide bonds. The van der Waals surface area contributed by atoms with Gasteiger partial charge >= 0.3 is 0 Å². The lowest BCUT2D eigenvalue weighted by molar-refractivity contribution is 0.142. The van der Waals surface area contributed by atoms with Crippen molar-refractivity contribution in [2.24, 2.45) is 0 Å². The van der Waals surface area contributed by atoms with Gasteiger partial charge in [0, 0.05) is 25.3 Å². The van der Waals surface area contributed by atoms with Crippen LogP contribution in [0.4, 0.5) is 0 Å². The highest BCUT2D eigenvalue weighted by Gasteiger charge is 2.14. The molecule has 0 aliphatic heterocycles. The van der Waals surface area contributed by atoms with E-state index in [9.17, 15) is 4.89 Å². The topological polar surface area (TPSA) is 32.7 Å². The number of hydrogen-bond acceptors (Lipinski definition) is 3. The predicted molar refractivity (Wildman–Crippen MR) is 65.4 cm³/mol. The zero-order chi connectivity index (χ0) is 11.4. The lowest BCUT2D eigenvalue weighted by Crippen LogP contribution is -2.39. The minimum Gasteiger partial charge on any atom is -0.345 e. The van der Waals surface area contributed by atoms with Crippen molar-refractivity contribution in [3.05, 3.63) is 0 Å². The van der Waals surface area contributed by atoms with Crippen molar-refractivity contribution in [3.63, 3.8) is 0 Å². The number of hydrogen-bond donors (Lipinski definition) is 1. The lowest BCUT2D eigenvalue weighted by Gasteiger charge is -2.30. The first-order valence-corrected chi connectivity index (χ1v) is 8.06. The van der Waals surface area contributed by atoms with Gasteiger partial charge in [-0.25, -0.2) is 0 Å². The minimum atomic E-state index is -2.48.